The van der Waals surface area contributed by atoms with Crippen LogP contribution in [0.2, 0.25) is 10.0 Å². The second-order valence-electron chi connectivity index (χ2n) is 11.6. The van der Waals surface area contributed by atoms with E-state index in [-0.39, 0.29) is 17.2 Å². The molecule has 1 unspecified atom stereocenters. The monoisotopic (exact) mass is 617 g/mol. The van der Waals surface area contributed by atoms with E-state index in [4.69, 9.17) is 28.9 Å². The molecule has 4 aromatic rings. The zero-order valence-electron chi connectivity index (χ0n) is 23.7. The van der Waals surface area contributed by atoms with Crippen LogP contribution in [0.5, 0.6) is 0 Å². The molecule has 0 bridgehead atoms. The van der Waals surface area contributed by atoms with E-state index < -0.39 is 5.41 Å². The highest BCUT2D eigenvalue weighted by Gasteiger charge is 2.44. The number of rotatable bonds is 8. The summed E-state index contributed by atoms with van der Waals surface area (Å²) >= 11 is 12.8. The lowest BCUT2D eigenvalue weighted by Gasteiger charge is -2.41. The van der Waals surface area contributed by atoms with E-state index in [1.165, 1.54) is 11.0 Å². The van der Waals surface area contributed by atoms with Crippen LogP contribution in [0, 0.1) is 0 Å². The summed E-state index contributed by atoms with van der Waals surface area (Å²) in [6, 6.07) is 23.0. The van der Waals surface area contributed by atoms with Gasteiger partial charge in [-0.05, 0) is 97.2 Å². The van der Waals surface area contributed by atoms with E-state index >= 15 is 0 Å². The zero-order valence-corrected chi connectivity index (χ0v) is 25.2. The Morgan fingerprint density at radius 3 is 2.35 bits per heavy atom. The molecule has 0 radical (unpaired) electrons. The molecule has 9 nitrogen and oxygen atoms in total. The third-order valence-corrected chi connectivity index (χ3v) is 10.0. The number of carbonyl (C=O) groups excluding carboxylic acids is 2. The molecule has 43 heavy (non-hydrogen) atoms. The maximum atomic E-state index is 13.7. The van der Waals surface area contributed by atoms with Crippen LogP contribution in [0.1, 0.15) is 47.2 Å². The number of hydrogen-bond donors (Lipinski definition) is 1. The van der Waals surface area contributed by atoms with Crippen molar-refractivity contribution >= 4 is 35.0 Å². The lowest BCUT2D eigenvalue weighted by Crippen LogP contribution is -2.50. The molecule has 3 heterocycles. The van der Waals surface area contributed by atoms with Crippen molar-refractivity contribution in [2.75, 3.05) is 32.7 Å². The van der Waals surface area contributed by atoms with Crippen molar-refractivity contribution in [3.05, 3.63) is 106 Å². The van der Waals surface area contributed by atoms with Crippen LogP contribution in [-0.4, -0.2) is 74.5 Å². The molecule has 2 amide bonds. The Hall–Kier alpha value is -3.79. The molecule has 3 aromatic carbocycles. The number of tetrazole rings is 1. The minimum atomic E-state index is -0.646. The summed E-state index contributed by atoms with van der Waals surface area (Å²) in [6.07, 6.45) is 4.48. The van der Waals surface area contributed by atoms with Crippen molar-refractivity contribution in [1.29, 1.82) is 0 Å². The highest BCUT2D eigenvalue weighted by atomic mass is 35.5. The quantitative estimate of drug-likeness (QED) is 0.308. The maximum Gasteiger partial charge on any atom is 0.253 e. The Morgan fingerprint density at radius 1 is 0.860 bits per heavy atom. The van der Waals surface area contributed by atoms with Crippen molar-refractivity contribution < 1.29 is 9.59 Å². The first-order valence-corrected chi connectivity index (χ1v) is 15.2. The molecule has 11 heteroatoms. The van der Waals surface area contributed by atoms with Gasteiger partial charge in [-0.1, -0.05) is 65.7 Å². The molecule has 2 N–H and O–H groups in total. The van der Waals surface area contributed by atoms with Gasteiger partial charge in [0.05, 0.1) is 21.1 Å². The first kappa shape index (κ1) is 29.3. The zero-order chi connectivity index (χ0) is 30.0. The Labute approximate surface area is 260 Å². The molecule has 6 rings (SSSR count). The predicted molar refractivity (Wildman–Crippen MR) is 165 cm³/mol. The Morgan fingerprint density at radius 2 is 1.65 bits per heavy atom. The van der Waals surface area contributed by atoms with Gasteiger partial charge in [0.1, 0.15) is 6.33 Å². The summed E-state index contributed by atoms with van der Waals surface area (Å²) in [5, 5.41) is 12.3. The van der Waals surface area contributed by atoms with Gasteiger partial charge in [0, 0.05) is 24.1 Å². The van der Waals surface area contributed by atoms with Crippen LogP contribution in [0.4, 0.5) is 0 Å². The molecule has 0 saturated carbocycles. The van der Waals surface area contributed by atoms with E-state index in [2.05, 4.69) is 20.4 Å². The van der Waals surface area contributed by atoms with Gasteiger partial charge in [-0.15, -0.1) is 5.10 Å². The average molecular weight is 619 g/mol. The topological polar surface area (TPSA) is 110 Å². The van der Waals surface area contributed by atoms with Gasteiger partial charge < -0.3 is 15.5 Å². The third-order valence-electron chi connectivity index (χ3n) is 9.29. The molecule has 1 aromatic heterocycles. The number of primary amides is 1. The van der Waals surface area contributed by atoms with Crippen LogP contribution in [0.3, 0.4) is 0 Å². The van der Waals surface area contributed by atoms with Crippen molar-refractivity contribution in [1.82, 2.24) is 30.0 Å². The molecular weight excluding hydrogens is 585 g/mol. The molecule has 2 fully saturated rings. The van der Waals surface area contributed by atoms with Gasteiger partial charge in [0.15, 0.2) is 0 Å². The summed E-state index contributed by atoms with van der Waals surface area (Å²) in [7, 11) is 0. The number of halogens is 2. The number of hydrogen-bond acceptors (Lipinski definition) is 6. The number of piperidine rings is 1. The standard InChI is InChI=1S/C32H33Cl2N7O2/c33-27-10-9-25(20-28(27)34)31(11-15-39-16-13-32(14-17-39,30(35)43)24-6-2-1-3-7-24)12-18-40(21-31)29(42)23-5-4-8-26(19-23)41-22-36-37-38-41/h1-10,19-20,22H,11-18,21H2,(H2,35,43). The molecule has 0 aliphatic carbocycles. The number of benzene rings is 3. The summed E-state index contributed by atoms with van der Waals surface area (Å²) in [4.78, 5) is 30.8. The number of nitrogens with zero attached hydrogens (tertiary/aromatic N) is 6. The van der Waals surface area contributed by atoms with Crippen LogP contribution < -0.4 is 5.73 Å². The lowest BCUT2D eigenvalue weighted by atomic mass is 9.71. The normalized spacial score (nSPS) is 20.3. The number of nitrogens with two attached hydrogens (primary N) is 1. The summed E-state index contributed by atoms with van der Waals surface area (Å²) in [6.45, 7) is 3.53. The highest BCUT2D eigenvalue weighted by Crippen LogP contribution is 2.42. The molecule has 1 atom stereocenters. The van der Waals surface area contributed by atoms with Crippen molar-refractivity contribution in [3.63, 3.8) is 0 Å². The first-order valence-electron chi connectivity index (χ1n) is 14.5. The van der Waals surface area contributed by atoms with Crippen molar-refractivity contribution in [2.45, 2.75) is 36.5 Å². The first-order chi connectivity index (χ1) is 20.8. The van der Waals surface area contributed by atoms with Gasteiger partial charge in [-0.2, -0.15) is 0 Å². The molecular formula is C32H33Cl2N7O2. The largest absolute Gasteiger partial charge is 0.369 e. The number of aromatic nitrogens is 4. The van der Waals surface area contributed by atoms with Crippen LogP contribution in [0.25, 0.3) is 5.69 Å². The molecule has 0 spiro atoms. The Bertz CT molecular complexity index is 1610. The van der Waals surface area contributed by atoms with Crippen LogP contribution >= 0.6 is 23.2 Å². The van der Waals surface area contributed by atoms with E-state index in [1.807, 2.05) is 77.7 Å². The predicted octanol–water partition coefficient (Wildman–Crippen LogP) is 4.66. The number of carbonyl (C=O) groups is 2. The molecule has 2 saturated heterocycles. The lowest BCUT2D eigenvalue weighted by molar-refractivity contribution is -0.125. The average Bonchev–Trinajstić information content (AvgIpc) is 3.74. The third kappa shape index (κ3) is 5.77. The second-order valence-corrected chi connectivity index (χ2v) is 12.4. The van der Waals surface area contributed by atoms with Crippen LogP contribution in [0.15, 0.2) is 79.1 Å². The Balaban J connectivity index is 1.20. The van der Waals surface area contributed by atoms with Crippen LogP contribution in [-0.2, 0) is 15.6 Å². The number of amides is 2. The van der Waals surface area contributed by atoms with E-state index in [1.54, 1.807) is 0 Å². The van der Waals surface area contributed by atoms with Gasteiger partial charge >= 0.3 is 0 Å². The van der Waals surface area contributed by atoms with Crippen molar-refractivity contribution in [2.24, 2.45) is 5.73 Å². The smallest absolute Gasteiger partial charge is 0.253 e. The summed E-state index contributed by atoms with van der Waals surface area (Å²) in [5.41, 5.74) is 8.40. The molecule has 2 aliphatic rings. The van der Waals surface area contributed by atoms with E-state index in [9.17, 15) is 9.59 Å². The minimum absolute atomic E-state index is 0.0380. The van der Waals surface area contributed by atoms with Gasteiger partial charge in [-0.3, -0.25) is 9.59 Å². The minimum Gasteiger partial charge on any atom is -0.369 e. The van der Waals surface area contributed by atoms with Gasteiger partial charge in [0.2, 0.25) is 5.91 Å². The van der Waals surface area contributed by atoms with Gasteiger partial charge in [0.25, 0.3) is 5.91 Å². The fourth-order valence-electron chi connectivity index (χ4n) is 6.66. The molecule has 222 valence electrons. The van der Waals surface area contributed by atoms with Gasteiger partial charge in [-0.25, -0.2) is 4.68 Å². The van der Waals surface area contributed by atoms with E-state index in [0.29, 0.717) is 41.5 Å². The second kappa shape index (κ2) is 12.1. The number of likely N-dealkylation sites (tertiary alicyclic amines) is 2. The highest BCUT2D eigenvalue weighted by molar-refractivity contribution is 6.42. The molecule has 2 aliphatic heterocycles. The SMILES string of the molecule is NC(=O)C1(c2ccccc2)CCN(CCC2(c3ccc(Cl)c(Cl)c3)CCN(C(=O)c3cccc(-n4cnnn4)c3)C2)CC1. The maximum absolute atomic E-state index is 13.7. The summed E-state index contributed by atoms with van der Waals surface area (Å²) < 4.78 is 1.53. The Kier molecular flexibility index (Phi) is 8.22. The summed E-state index contributed by atoms with van der Waals surface area (Å²) in [5.74, 6) is -0.302. The van der Waals surface area contributed by atoms with E-state index in [0.717, 1.165) is 49.3 Å². The fourth-order valence-corrected chi connectivity index (χ4v) is 6.96. The van der Waals surface area contributed by atoms with Crippen molar-refractivity contribution in [3.8, 4) is 5.69 Å². The fraction of sp³-hybridized carbons (Fsp3) is 0.344.